The number of carbonyl (C=O) groups is 2. The molecule has 0 amide bonds. The van der Waals surface area contributed by atoms with Gasteiger partial charge in [-0.2, -0.15) is 0 Å². The average Bonchev–Trinajstić information content (AvgIpc) is 2.13. The predicted molar refractivity (Wildman–Crippen MR) is 40.8 cm³/mol. The van der Waals surface area contributed by atoms with Crippen molar-refractivity contribution in [2.24, 2.45) is 0 Å². The Morgan fingerprint density at radius 2 is 1.50 bits per heavy atom. The summed E-state index contributed by atoms with van der Waals surface area (Å²) in [6.45, 7) is 7.50. The summed E-state index contributed by atoms with van der Waals surface area (Å²) in [5.41, 5.74) is 1.17. The van der Waals surface area contributed by atoms with Gasteiger partial charge in [0.25, 0.3) is 0 Å². The van der Waals surface area contributed by atoms with Crippen LogP contribution in [0.15, 0.2) is 12.2 Å². The molecule has 1 heterocycles. The number of hydrogen-bond donors (Lipinski definition) is 0. The molecule has 0 saturated carbocycles. The van der Waals surface area contributed by atoms with Gasteiger partial charge in [0.1, 0.15) is 0 Å². The van der Waals surface area contributed by atoms with Gasteiger partial charge >= 0.3 is 11.9 Å². The molecule has 4 heteroatoms. The Hall–Kier alpha value is -0.601. The third-order valence-electron chi connectivity index (χ3n) is 0.761. The molecule has 1 radical (unpaired) electrons. The molecular formula is C8H12CuO3. The minimum absolute atomic E-state index is 0. The molecule has 0 bridgehead atoms. The Morgan fingerprint density at radius 3 is 1.58 bits per heavy atom. The number of rotatable bonds is 0. The van der Waals surface area contributed by atoms with Crippen molar-refractivity contribution in [2.75, 3.05) is 0 Å². The van der Waals surface area contributed by atoms with E-state index in [9.17, 15) is 9.59 Å². The van der Waals surface area contributed by atoms with Crippen LogP contribution in [0.4, 0.5) is 0 Å². The fourth-order valence-electron chi connectivity index (χ4n) is 0.433. The summed E-state index contributed by atoms with van der Waals surface area (Å²) in [5.74, 6) is -0.796. The number of esters is 2. The number of carbonyl (C=O) groups excluding carboxylic acids is 2. The van der Waals surface area contributed by atoms with Crippen molar-refractivity contribution in [3.8, 4) is 0 Å². The van der Waals surface area contributed by atoms with Gasteiger partial charge in [-0.05, 0) is 13.8 Å². The van der Waals surface area contributed by atoms with E-state index in [2.05, 4.69) is 11.3 Å². The molecule has 1 fully saturated rings. The fraction of sp³-hybridized carbons (Fsp3) is 0.500. The SMILES string of the molecule is C=C(C)C.O=C1CCC(=O)O1.[Cu]. The first-order chi connectivity index (χ1) is 5.02. The van der Waals surface area contributed by atoms with Gasteiger partial charge in [0.15, 0.2) is 0 Å². The number of cyclic esters (lactones) is 2. The maximum Gasteiger partial charge on any atom is 0.314 e. The summed E-state index contributed by atoms with van der Waals surface area (Å²) in [4.78, 5) is 20.0. The molecule has 1 saturated heterocycles. The minimum Gasteiger partial charge on any atom is -0.393 e. The Bertz CT molecular complexity index is 169. The molecule has 1 aliphatic rings. The van der Waals surface area contributed by atoms with Crippen molar-refractivity contribution in [3.05, 3.63) is 12.2 Å². The van der Waals surface area contributed by atoms with Crippen LogP contribution in [0.3, 0.4) is 0 Å². The number of hydrogen-bond acceptors (Lipinski definition) is 3. The molecular weight excluding hydrogens is 208 g/mol. The number of ether oxygens (including phenoxy) is 1. The standard InChI is InChI=1S/C4H4O3.C4H8.Cu/c5-3-1-2-4(6)7-3;1-4(2)3;/h1-2H2;1H2,2-3H3;. The molecule has 0 spiro atoms. The summed E-state index contributed by atoms with van der Waals surface area (Å²) in [6, 6.07) is 0. The van der Waals surface area contributed by atoms with Crippen LogP contribution in [0.5, 0.6) is 0 Å². The maximum atomic E-state index is 10.0. The second-order valence-corrected chi connectivity index (χ2v) is 2.55. The van der Waals surface area contributed by atoms with Gasteiger partial charge < -0.3 is 4.74 Å². The van der Waals surface area contributed by atoms with Gasteiger partial charge in [-0.1, -0.05) is 5.57 Å². The van der Waals surface area contributed by atoms with Gasteiger partial charge in [-0.3, -0.25) is 9.59 Å². The zero-order chi connectivity index (χ0) is 8.85. The Kier molecular flexibility index (Phi) is 8.22. The summed E-state index contributed by atoms with van der Waals surface area (Å²) in [7, 11) is 0. The molecule has 0 aromatic rings. The molecule has 0 aromatic heterocycles. The third-order valence-corrected chi connectivity index (χ3v) is 0.761. The Morgan fingerprint density at radius 1 is 1.25 bits per heavy atom. The van der Waals surface area contributed by atoms with E-state index >= 15 is 0 Å². The van der Waals surface area contributed by atoms with E-state index in [1.165, 1.54) is 5.57 Å². The van der Waals surface area contributed by atoms with Crippen molar-refractivity contribution in [2.45, 2.75) is 26.7 Å². The molecule has 1 aliphatic heterocycles. The first-order valence-electron chi connectivity index (χ1n) is 3.38. The molecule has 3 nitrogen and oxygen atoms in total. The summed E-state index contributed by atoms with van der Waals surface area (Å²) >= 11 is 0. The third kappa shape index (κ3) is 9.40. The zero-order valence-corrected chi connectivity index (χ0v) is 8.09. The molecule has 0 N–H and O–H groups in total. The second-order valence-electron chi connectivity index (χ2n) is 2.55. The van der Waals surface area contributed by atoms with E-state index in [1.54, 1.807) is 0 Å². The minimum atomic E-state index is -0.398. The van der Waals surface area contributed by atoms with Crippen LogP contribution in [-0.4, -0.2) is 11.9 Å². The van der Waals surface area contributed by atoms with Crippen LogP contribution < -0.4 is 0 Å². The van der Waals surface area contributed by atoms with Gasteiger partial charge in [-0.25, -0.2) is 0 Å². The van der Waals surface area contributed by atoms with E-state index in [-0.39, 0.29) is 29.9 Å². The molecule has 0 aromatic carbocycles. The normalized spacial score (nSPS) is 13.8. The first-order valence-corrected chi connectivity index (χ1v) is 3.38. The fourth-order valence-corrected chi connectivity index (χ4v) is 0.433. The van der Waals surface area contributed by atoms with Crippen LogP contribution in [0, 0.1) is 0 Å². The molecule has 0 unspecified atom stereocenters. The largest absolute Gasteiger partial charge is 0.393 e. The molecule has 0 aliphatic carbocycles. The van der Waals surface area contributed by atoms with Crippen LogP contribution in [0.2, 0.25) is 0 Å². The average molecular weight is 220 g/mol. The summed E-state index contributed by atoms with van der Waals surface area (Å²) in [6.07, 6.45) is 0.525. The molecule has 73 valence electrons. The van der Waals surface area contributed by atoms with Crippen molar-refractivity contribution in [1.29, 1.82) is 0 Å². The van der Waals surface area contributed by atoms with E-state index in [0.717, 1.165) is 0 Å². The molecule has 0 atom stereocenters. The van der Waals surface area contributed by atoms with Crippen molar-refractivity contribution in [1.82, 2.24) is 0 Å². The van der Waals surface area contributed by atoms with Crippen LogP contribution >= 0.6 is 0 Å². The second kappa shape index (κ2) is 7.07. The van der Waals surface area contributed by atoms with Gasteiger partial charge in [-0.15, -0.1) is 6.58 Å². The summed E-state index contributed by atoms with van der Waals surface area (Å²) < 4.78 is 4.08. The first kappa shape index (κ1) is 14.0. The van der Waals surface area contributed by atoms with Crippen LogP contribution in [-0.2, 0) is 31.4 Å². The van der Waals surface area contributed by atoms with Gasteiger partial charge in [0, 0.05) is 17.1 Å². The van der Waals surface area contributed by atoms with E-state index in [4.69, 9.17) is 0 Å². The summed E-state index contributed by atoms with van der Waals surface area (Å²) in [5, 5.41) is 0. The van der Waals surface area contributed by atoms with E-state index in [0.29, 0.717) is 0 Å². The van der Waals surface area contributed by atoms with E-state index in [1.807, 2.05) is 13.8 Å². The maximum absolute atomic E-state index is 10.0. The molecule has 1 rings (SSSR count). The predicted octanol–water partition coefficient (Wildman–Crippen LogP) is 1.43. The van der Waals surface area contributed by atoms with Gasteiger partial charge in [0.2, 0.25) is 0 Å². The van der Waals surface area contributed by atoms with Crippen LogP contribution in [0.1, 0.15) is 26.7 Å². The smallest absolute Gasteiger partial charge is 0.314 e. The van der Waals surface area contributed by atoms with E-state index < -0.39 is 11.9 Å². The van der Waals surface area contributed by atoms with Gasteiger partial charge in [0.05, 0.1) is 12.8 Å². The molecule has 12 heavy (non-hydrogen) atoms. The Balaban J connectivity index is 0. The Labute approximate surface area is 82.6 Å². The topological polar surface area (TPSA) is 43.4 Å². The quantitative estimate of drug-likeness (QED) is 0.268. The number of allylic oxidation sites excluding steroid dienone is 1. The zero-order valence-electron chi connectivity index (χ0n) is 7.15. The van der Waals surface area contributed by atoms with Crippen molar-refractivity contribution in [3.63, 3.8) is 0 Å². The monoisotopic (exact) mass is 219 g/mol. The van der Waals surface area contributed by atoms with Crippen molar-refractivity contribution >= 4 is 11.9 Å². The van der Waals surface area contributed by atoms with Crippen molar-refractivity contribution < 1.29 is 31.4 Å². The van der Waals surface area contributed by atoms with Crippen LogP contribution in [0.25, 0.3) is 0 Å².